The number of nitrogens with zero attached hydrogens (tertiary/aromatic N) is 1. The average Bonchev–Trinajstić information content (AvgIpc) is 3.27. The van der Waals surface area contributed by atoms with E-state index in [1.54, 1.807) is 55.5 Å². The number of aryl methyl sites for hydroxylation is 1. The third kappa shape index (κ3) is 5.94. The number of hydrogen-bond acceptors (Lipinski definition) is 5. The standard InChI is InChI=1S/C23H24ClN3O5S/c1-15-10-11-17(24)13-21(15)27(33(3,30)31)16(2)22(28)26-20-9-5-4-8-19(20)23(29)25-14-18-7-6-12-32-18/h4-13,16H,14H2,1-3H3,(H,25,29)(H,26,28). The van der Waals surface area contributed by atoms with Gasteiger partial charge in [-0.2, -0.15) is 0 Å². The van der Waals surface area contributed by atoms with E-state index in [9.17, 15) is 18.0 Å². The molecule has 33 heavy (non-hydrogen) atoms. The molecular formula is C23H24ClN3O5S. The molecule has 2 N–H and O–H groups in total. The van der Waals surface area contributed by atoms with Crippen molar-refractivity contribution >= 4 is 44.8 Å². The van der Waals surface area contributed by atoms with E-state index in [2.05, 4.69) is 10.6 Å². The number of carbonyl (C=O) groups is 2. The Morgan fingerprint density at radius 3 is 2.52 bits per heavy atom. The number of sulfonamides is 1. The molecule has 0 bridgehead atoms. The molecule has 3 aromatic rings. The minimum atomic E-state index is -3.83. The van der Waals surface area contributed by atoms with Gasteiger partial charge in [-0.25, -0.2) is 8.42 Å². The molecule has 0 saturated carbocycles. The quantitative estimate of drug-likeness (QED) is 0.497. The van der Waals surface area contributed by atoms with Gasteiger partial charge in [-0.3, -0.25) is 13.9 Å². The van der Waals surface area contributed by atoms with Gasteiger partial charge in [0.25, 0.3) is 5.91 Å². The van der Waals surface area contributed by atoms with Crippen LogP contribution in [0.2, 0.25) is 5.02 Å². The summed E-state index contributed by atoms with van der Waals surface area (Å²) in [6.45, 7) is 3.38. The minimum Gasteiger partial charge on any atom is -0.467 e. The van der Waals surface area contributed by atoms with Crippen LogP contribution in [0.15, 0.2) is 65.3 Å². The van der Waals surface area contributed by atoms with Crippen LogP contribution in [0.25, 0.3) is 0 Å². The number of benzene rings is 2. The largest absolute Gasteiger partial charge is 0.467 e. The Morgan fingerprint density at radius 1 is 1.12 bits per heavy atom. The first-order chi connectivity index (χ1) is 15.6. The fourth-order valence-corrected chi connectivity index (χ4v) is 4.69. The van der Waals surface area contributed by atoms with Crippen LogP contribution in [0, 0.1) is 6.92 Å². The highest BCUT2D eigenvalue weighted by atomic mass is 35.5. The number of furan rings is 1. The highest BCUT2D eigenvalue weighted by Crippen LogP contribution is 2.29. The second-order valence-corrected chi connectivity index (χ2v) is 9.76. The predicted octanol–water partition coefficient (Wildman–Crippen LogP) is 3.96. The first kappa shape index (κ1) is 24.3. The molecular weight excluding hydrogens is 466 g/mol. The molecule has 8 nitrogen and oxygen atoms in total. The molecule has 2 amide bonds. The first-order valence-corrected chi connectivity index (χ1v) is 12.3. The van der Waals surface area contributed by atoms with E-state index >= 15 is 0 Å². The van der Waals surface area contributed by atoms with Gasteiger partial charge in [0.05, 0.1) is 36.0 Å². The average molecular weight is 490 g/mol. The van der Waals surface area contributed by atoms with E-state index in [0.29, 0.717) is 22.0 Å². The SMILES string of the molecule is Cc1ccc(Cl)cc1N(C(C)C(=O)Nc1ccccc1C(=O)NCc1ccco1)S(C)(=O)=O. The van der Waals surface area contributed by atoms with E-state index in [4.69, 9.17) is 16.0 Å². The van der Waals surface area contributed by atoms with Gasteiger partial charge >= 0.3 is 0 Å². The lowest BCUT2D eigenvalue weighted by molar-refractivity contribution is -0.116. The number of carbonyl (C=O) groups excluding carboxylic acids is 2. The number of para-hydroxylation sites is 1. The van der Waals surface area contributed by atoms with E-state index in [1.807, 2.05) is 0 Å². The molecule has 0 aliphatic rings. The van der Waals surface area contributed by atoms with Crippen LogP contribution in [0.5, 0.6) is 0 Å². The van der Waals surface area contributed by atoms with Crippen molar-refractivity contribution in [3.63, 3.8) is 0 Å². The lowest BCUT2D eigenvalue weighted by Gasteiger charge is -2.29. The maximum absolute atomic E-state index is 13.1. The Balaban J connectivity index is 1.84. The second-order valence-electron chi connectivity index (χ2n) is 7.46. The third-order valence-corrected chi connectivity index (χ3v) is 6.39. The normalized spacial score (nSPS) is 12.1. The lowest BCUT2D eigenvalue weighted by atomic mass is 10.1. The topological polar surface area (TPSA) is 109 Å². The number of hydrogen-bond donors (Lipinski definition) is 2. The summed E-state index contributed by atoms with van der Waals surface area (Å²) in [5.41, 5.74) is 1.43. The fraction of sp³-hybridized carbons (Fsp3) is 0.217. The molecule has 174 valence electrons. The molecule has 1 atom stereocenters. The van der Waals surface area contributed by atoms with Crippen molar-refractivity contribution in [1.82, 2.24) is 5.32 Å². The van der Waals surface area contributed by atoms with Crippen LogP contribution in [-0.2, 0) is 21.4 Å². The summed E-state index contributed by atoms with van der Waals surface area (Å²) in [4.78, 5) is 25.8. The van der Waals surface area contributed by atoms with Crippen LogP contribution in [-0.4, -0.2) is 32.5 Å². The van der Waals surface area contributed by atoms with Gasteiger partial charge in [0.2, 0.25) is 15.9 Å². The Kier molecular flexibility index (Phi) is 7.45. The summed E-state index contributed by atoms with van der Waals surface area (Å²) >= 11 is 6.07. The Labute approximate surface area is 197 Å². The fourth-order valence-electron chi connectivity index (χ4n) is 3.30. The van der Waals surface area contributed by atoms with E-state index in [1.165, 1.54) is 19.3 Å². The maximum atomic E-state index is 13.1. The first-order valence-electron chi connectivity index (χ1n) is 10.0. The van der Waals surface area contributed by atoms with Crippen molar-refractivity contribution in [2.45, 2.75) is 26.4 Å². The molecule has 1 unspecified atom stereocenters. The minimum absolute atomic E-state index is 0.181. The molecule has 1 aromatic heterocycles. The van der Waals surface area contributed by atoms with Crippen molar-refractivity contribution in [1.29, 1.82) is 0 Å². The number of nitrogens with one attached hydrogen (secondary N) is 2. The summed E-state index contributed by atoms with van der Waals surface area (Å²) < 4.78 is 31.4. The summed E-state index contributed by atoms with van der Waals surface area (Å²) in [5.74, 6) is -0.439. The van der Waals surface area contributed by atoms with Crippen molar-refractivity contribution in [2.75, 3.05) is 15.9 Å². The van der Waals surface area contributed by atoms with E-state index in [0.717, 1.165) is 10.6 Å². The molecule has 0 saturated heterocycles. The van der Waals surface area contributed by atoms with Gasteiger partial charge in [0.15, 0.2) is 0 Å². The summed E-state index contributed by atoms with van der Waals surface area (Å²) in [7, 11) is -3.83. The maximum Gasteiger partial charge on any atom is 0.253 e. The van der Waals surface area contributed by atoms with Gasteiger partial charge in [-0.15, -0.1) is 0 Å². The number of halogens is 1. The van der Waals surface area contributed by atoms with Crippen molar-refractivity contribution in [3.05, 3.63) is 82.8 Å². The molecule has 0 spiro atoms. The summed E-state index contributed by atoms with van der Waals surface area (Å²) in [6.07, 6.45) is 2.53. The zero-order valence-corrected chi connectivity index (χ0v) is 19.9. The molecule has 0 aliphatic carbocycles. The molecule has 1 heterocycles. The zero-order valence-electron chi connectivity index (χ0n) is 18.3. The van der Waals surface area contributed by atoms with Crippen molar-refractivity contribution < 1.29 is 22.4 Å². The highest BCUT2D eigenvalue weighted by molar-refractivity contribution is 7.92. The van der Waals surface area contributed by atoms with Crippen molar-refractivity contribution in [2.24, 2.45) is 0 Å². The number of amides is 2. The predicted molar refractivity (Wildman–Crippen MR) is 128 cm³/mol. The lowest BCUT2D eigenvalue weighted by Crippen LogP contribution is -2.45. The van der Waals surface area contributed by atoms with Gasteiger partial charge in [-0.1, -0.05) is 29.8 Å². The van der Waals surface area contributed by atoms with Gasteiger partial charge in [-0.05, 0) is 55.8 Å². The zero-order chi connectivity index (χ0) is 24.2. The molecule has 10 heteroatoms. The molecule has 0 radical (unpaired) electrons. The van der Waals surface area contributed by atoms with Crippen LogP contribution in [0.4, 0.5) is 11.4 Å². The van der Waals surface area contributed by atoms with Crippen LogP contribution < -0.4 is 14.9 Å². The monoisotopic (exact) mass is 489 g/mol. The van der Waals surface area contributed by atoms with E-state index in [-0.39, 0.29) is 17.8 Å². The van der Waals surface area contributed by atoms with Gasteiger partial charge in [0, 0.05) is 5.02 Å². The Morgan fingerprint density at radius 2 is 1.85 bits per heavy atom. The van der Waals surface area contributed by atoms with Gasteiger partial charge in [0.1, 0.15) is 11.8 Å². The van der Waals surface area contributed by atoms with Crippen LogP contribution in [0.3, 0.4) is 0 Å². The van der Waals surface area contributed by atoms with Gasteiger partial charge < -0.3 is 15.1 Å². The highest BCUT2D eigenvalue weighted by Gasteiger charge is 2.31. The van der Waals surface area contributed by atoms with Crippen LogP contribution >= 0.6 is 11.6 Å². The molecule has 3 rings (SSSR count). The molecule has 0 fully saturated rings. The van der Waals surface area contributed by atoms with E-state index < -0.39 is 27.9 Å². The van der Waals surface area contributed by atoms with Crippen LogP contribution in [0.1, 0.15) is 28.6 Å². The second kappa shape index (κ2) is 10.1. The Bertz CT molecular complexity index is 1260. The molecule has 0 aliphatic heterocycles. The number of anilines is 2. The molecule has 2 aromatic carbocycles. The summed E-state index contributed by atoms with van der Waals surface area (Å²) in [6, 6.07) is 13.6. The summed E-state index contributed by atoms with van der Waals surface area (Å²) in [5, 5.41) is 5.75. The smallest absolute Gasteiger partial charge is 0.253 e. The van der Waals surface area contributed by atoms with Crippen molar-refractivity contribution in [3.8, 4) is 0 Å². The Hall–Kier alpha value is -3.30. The third-order valence-electron chi connectivity index (χ3n) is 4.93. The number of rotatable bonds is 8.